The minimum Gasteiger partial charge on any atom is -0.477 e. The summed E-state index contributed by atoms with van der Waals surface area (Å²) in [4.78, 5) is 8.24. The van der Waals surface area contributed by atoms with Gasteiger partial charge in [0.05, 0.1) is 0 Å². The van der Waals surface area contributed by atoms with Gasteiger partial charge < -0.3 is 5.11 Å². The van der Waals surface area contributed by atoms with Crippen LogP contribution in [0.15, 0.2) is 4.90 Å². The summed E-state index contributed by atoms with van der Waals surface area (Å²) < 4.78 is 73.4. The maximum Gasteiger partial charge on any atom is 0.341 e. The third-order valence-electron chi connectivity index (χ3n) is 1.68. The Bertz CT molecular complexity index is 584. The van der Waals surface area contributed by atoms with Crippen LogP contribution in [0.25, 0.3) is 0 Å². The van der Waals surface area contributed by atoms with Gasteiger partial charge >= 0.3 is 5.97 Å². The van der Waals surface area contributed by atoms with Gasteiger partial charge in [-0.25, -0.2) is 30.8 Å². The first-order valence-electron chi connectivity index (χ1n) is 3.63. The van der Waals surface area contributed by atoms with Gasteiger partial charge in [0.15, 0.2) is 28.2 Å². The van der Waals surface area contributed by atoms with Gasteiger partial charge in [-0.05, 0) is 0 Å². The molecule has 0 fully saturated rings. The number of carboxylic acids is 1. The SMILES string of the molecule is O=C(O)c1c(F)c(F)c(S(=O)(=O)Cl)c(F)c1F. The number of aromatic carboxylic acids is 1. The zero-order valence-electron chi connectivity index (χ0n) is 7.47. The lowest BCUT2D eigenvalue weighted by atomic mass is 10.2. The van der Waals surface area contributed by atoms with Gasteiger partial charge in [0.25, 0.3) is 9.05 Å². The van der Waals surface area contributed by atoms with Crippen molar-refractivity contribution in [3.63, 3.8) is 0 Å². The van der Waals surface area contributed by atoms with Gasteiger partial charge in [0, 0.05) is 10.7 Å². The van der Waals surface area contributed by atoms with E-state index in [-0.39, 0.29) is 0 Å². The van der Waals surface area contributed by atoms with Crippen molar-refractivity contribution in [3.8, 4) is 0 Å². The van der Waals surface area contributed by atoms with E-state index in [1.165, 1.54) is 0 Å². The summed E-state index contributed by atoms with van der Waals surface area (Å²) in [5, 5.41) is 8.29. The van der Waals surface area contributed by atoms with E-state index in [9.17, 15) is 30.8 Å². The van der Waals surface area contributed by atoms with Gasteiger partial charge in [-0.15, -0.1) is 0 Å². The lowest BCUT2D eigenvalue weighted by Crippen LogP contribution is -2.14. The number of rotatable bonds is 2. The van der Waals surface area contributed by atoms with Gasteiger partial charge in [-0.3, -0.25) is 0 Å². The van der Waals surface area contributed by atoms with Crippen LogP contribution >= 0.6 is 10.7 Å². The zero-order chi connectivity index (χ0) is 13.5. The molecule has 0 bridgehead atoms. The number of hydrogen-bond acceptors (Lipinski definition) is 3. The van der Waals surface area contributed by atoms with E-state index >= 15 is 0 Å². The van der Waals surface area contributed by atoms with Crippen molar-refractivity contribution < 1.29 is 35.9 Å². The number of carboxylic acid groups (broad SMARTS) is 1. The summed E-state index contributed by atoms with van der Waals surface area (Å²) in [5.74, 6) is -11.8. The Labute approximate surface area is 95.8 Å². The van der Waals surface area contributed by atoms with Crippen molar-refractivity contribution in [1.82, 2.24) is 0 Å². The van der Waals surface area contributed by atoms with Crippen LogP contribution in [0.1, 0.15) is 10.4 Å². The fourth-order valence-corrected chi connectivity index (χ4v) is 2.03. The van der Waals surface area contributed by atoms with Gasteiger partial charge in [-0.2, -0.15) is 0 Å². The fourth-order valence-electron chi connectivity index (χ4n) is 1.01. The molecule has 0 aromatic heterocycles. The first kappa shape index (κ1) is 13.7. The minimum absolute atomic E-state index is 1.94. The summed E-state index contributed by atoms with van der Waals surface area (Å²) in [5.41, 5.74) is -1.94. The molecule has 1 rings (SSSR count). The molecule has 0 unspecified atom stereocenters. The molecule has 0 radical (unpaired) electrons. The van der Waals surface area contributed by atoms with Crippen molar-refractivity contribution in [3.05, 3.63) is 28.8 Å². The van der Waals surface area contributed by atoms with E-state index in [4.69, 9.17) is 5.11 Å². The Morgan fingerprint density at radius 2 is 1.35 bits per heavy atom. The summed E-state index contributed by atoms with van der Waals surface area (Å²) in [6.45, 7) is 0. The molecule has 10 heteroatoms. The van der Waals surface area contributed by atoms with Gasteiger partial charge in [-0.1, -0.05) is 0 Å². The molecule has 94 valence electrons. The number of halogens is 5. The molecule has 0 saturated heterocycles. The van der Waals surface area contributed by atoms with E-state index in [1.807, 2.05) is 0 Å². The van der Waals surface area contributed by atoms with Crippen LogP contribution in [0.2, 0.25) is 0 Å². The van der Waals surface area contributed by atoms with E-state index in [0.29, 0.717) is 0 Å². The first-order valence-corrected chi connectivity index (χ1v) is 5.93. The Balaban J connectivity index is 3.91. The maximum atomic E-state index is 13.1. The number of benzene rings is 1. The molecule has 17 heavy (non-hydrogen) atoms. The molecule has 4 nitrogen and oxygen atoms in total. The van der Waals surface area contributed by atoms with Crippen LogP contribution in [0, 0.1) is 23.3 Å². The highest BCUT2D eigenvalue weighted by molar-refractivity contribution is 8.13. The second kappa shape index (κ2) is 4.15. The van der Waals surface area contributed by atoms with E-state index in [2.05, 4.69) is 10.7 Å². The van der Waals surface area contributed by atoms with Crippen LogP contribution in [0.4, 0.5) is 17.6 Å². The van der Waals surface area contributed by atoms with Crippen LogP contribution in [0.5, 0.6) is 0 Å². The van der Waals surface area contributed by atoms with E-state index < -0.39 is 48.7 Å². The summed E-state index contributed by atoms with van der Waals surface area (Å²) >= 11 is 0. The average Bonchev–Trinajstić information content (AvgIpc) is 2.12. The molecule has 1 N–H and O–H groups in total. The van der Waals surface area contributed by atoms with Crippen molar-refractivity contribution in [2.45, 2.75) is 4.90 Å². The van der Waals surface area contributed by atoms with Crippen LogP contribution in [-0.2, 0) is 9.05 Å². The highest BCUT2D eigenvalue weighted by Gasteiger charge is 2.34. The Kier molecular flexibility index (Phi) is 3.35. The zero-order valence-corrected chi connectivity index (χ0v) is 9.04. The summed E-state index contributed by atoms with van der Waals surface area (Å²) in [7, 11) is -0.546. The number of carbonyl (C=O) groups is 1. The third-order valence-corrected chi connectivity index (χ3v) is 2.99. The van der Waals surface area contributed by atoms with Crippen molar-refractivity contribution >= 4 is 25.7 Å². The molecule has 0 amide bonds. The quantitative estimate of drug-likeness (QED) is 0.513. The lowest BCUT2D eigenvalue weighted by Gasteiger charge is -2.06. The summed E-state index contributed by atoms with van der Waals surface area (Å²) in [6.07, 6.45) is 0. The van der Waals surface area contributed by atoms with Crippen LogP contribution < -0.4 is 0 Å². The van der Waals surface area contributed by atoms with Crippen LogP contribution in [0.3, 0.4) is 0 Å². The third kappa shape index (κ3) is 2.20. The molecular formula is C7HClF4O4S. The van der Waals surface area contributed by atoms with Crippen LogP contribution in [-0.4, -0.2) is 19.5 Å². The molecule has 0 aliphatic carbocycles. The maximum absolute atomic E-state index is 13.1. The van der Waals surface area contributed by atoms with Gasteiger partial charge in [0.1, 0.15) is 5.56 Å². The monoisotopic (exact) mass is 292 g/mol. The molecular weight excluding hydrogens is 292 g/mol. The minimum atomic E-state index is -5.10. The largest absolute Gasteiger partial charge is 0.477 e. The molecule has 0 saturated carbocycles. The Morgan fingerprint density at radius 3 is 1.59 bits per heavy atom. The topological polar surface area (TPSA) is 71.4 Å². The highest BCUT2D eigenvalue weighted by Crippen LogP contribution is 2.29. The normalized spacial score (nSPS) is 11.6. The second-order valence-corrected chi connectivity index (χ2v) is 5.21. The van der Waals surface area contributed by atoms with Gasteiger partial charge in [0.2, 0.25) is 0 Å². The van der Waals surface area contributed by atoms with Crippen molar-refractivity contribution in [2.24, 2.45) is 0 Å². The standard InChI is InChI=1S/C7HClF4O4S/c8-17(15,16)6-4(11)2(9)1(7(13)14)3(10)5(6)12/h(H,13,14). The van der Waals surface area contributed by atoms with Crippen molar-refractivity contribution in [1.29, 1.82) is 0 Å². The molecule has 0 aliphatic rings. The van der Waals surface area contributed by atoms with Crippen molar-refractivity contribution in [2.75, 3.05) is 0 Å². The predicted molar refractivity (Wildman–Crippen MR) is 46.3 cm³/mol. The second-order valence-electron chi connectivity index (χ2n) is 2.70. The summed E-state index contributed by atoms with van der Waals surface area (Å²) in [6, 6.07) is 0. The average molecular weight is 293 g/mol. The van der Waals surface area contributed by atoms with E-state index in [1.54, 1.807) is 0 Å². The highest BCUT2D eigenvalue weighted by atomic mass is 35.7. The molecule has 0 heterocycles. The van der Waals surface area contributed by atoms with E-state index in [0.717, 1.165) is 0 Å². The Morgan fingerprint density at radius 1 is 1.00 bits per heavy atom. The molecule has 1 aromatic rings. The first-order chi connectivity index (χ1) is 7.59. The molecule has 0 spiro atoms. The molecule has 0 atom stereocenters. The fraction of sp³-hybridized carbons (Fsp3) is 0. The Hall–Kier alpha value is -1.35. The number of hydrogen-bond donors (Lipinski definition) is 1. The molecule has 1 aromatic carbocycles. The smallest absolute Gasteiger partial charge is 0.341 e. The molecule has 0 aliphatic heterocycles. The predicted octanol–water partition coefficient (Wildman–Crippen LogP) is 1.87. The lowest BCUT2D eigenvalue weighted by molar-refractivity contribution is 0.0682.